The number of nitrogens with zero attached hydrogens (tertiary/aromatic N) is 1. The van der Waals surface area contributed by atoms with Crippen LogP contribution in [-0.2, 0) is 0 Å². The maximum atomic E-state index is 6.10. The van der Waals surface area contributed by atoms with Gasteiger partial charge in [0.25, 0.3) is 0 Å². The van der Waals surface area contributed by atoms with Crippen LogP contribution in [0, 0.1) is 6.92 Å². The minimum atomic E-state index is 0.733. The summed E-state index contributed by atoms with van der Waals surface area (Å²) in [5, 5.41) is 4.15. The summed E-state index contributed by atoms with van der Waals surface area (Å²) in [7, 11) is 0. The molecule has 0 aliphatic rings. The Morgan fingerprint density at radius 3 is 2.79 bits per heavy atom. The number of aryl methyl sites for hydroxylation is 1. The van der Waals surface area contributed by atoms with Crippen LogP contribution in [0.1, 0.15) is 5.56 Å². The van der Waals surface area contributed by atoms with Crippen molar-refractivity contribution in [3.05, 3.63) is 53.2 Å². The molecule has 4 rings (SSSR count). The highest BCUT2D eigenvalue weighted by Gasteiger charge is 2.08. The van der Waals surface area contributed by atoms with Crippen LogP contribution < -0.4 is 0 Å². The molecule has 2 aromatic carbocycles. The van der Waals surface area contributed by atoms with Crippen molar-refractivity contribution in [1.82, 2.24) is 9.97 Å². The number of aromatic amines is 1. The Morgan fingerprint density at radius 2 is 1.89 bits per heavy atom. The normalized spacial score (nSPS) is 11.7. The first-order valence-electron chi connectivity index (χ1n) is 6.19. The Kier molecular flexibility index (Phi) is 2.12. The van der Waals surface area contributed by atoms with E-state index in [1.165, 1.54) is 10.9 Å². The minimum Gasteiger partial charge on any atom is -0.354 e. The largest absolute Gasteiger partial charge is 0.354 e. The molecule has 0 amide bonds. The molecule has 0 aliphatic heterocycles. The molecule has 0 aliphatic carbocycles. The number of rotatable bonds is 0. The van der Waals surface area contributed by atoms with E-state index in [9.17, 15) is 0 Å². The van der Waals surface area contributed by atoms with Gasteiger partial charge in [-0.2, -0.15) is 0 Å². The number of hydrogen-bond acceptors (Lipinski definition) is 1. The molecule has 0 atom stereocenters. The first-order chi connectivity index (χ1) is 9.22. The molecule has 3 heteroatoms. The molecule has 2 nitrogen and oxygen atoms in total. The number of pyridine rings is 1. The van der Waals surface area contributed by atoms with E-state index in [4.69, 9.17) is 11.6 Å². The highest BCUT2D eigenvalue weighted by atomic mass is 35.5. The van der Waals surface area contributed by atoms with E-state index in [1.807, 2.05) is 24.4 Å². The fourth-order valence-electron chi connectivity index (χ4n) is 2.63. The second-order valence-corrected chi connectivity index (χ2v) is 5.32. The molecule has 4 aromatic rings. The van der Waals surface area contributed by atoms with Crippen molar-refractivity contribution < 1.29 is 0 Å². The average Bonchev–Trinajstić information content (AvgIpc) is 2.76. The number of hydrogen-bond donors (Lipinski definition) is 1. The molecule has 0 saturated carbocycles. The fraction of sp³-hybridized carbons (Fsp3) is 0.0625. The van der Waals surface area contributed by atoms with Gasteiger partial charge in [-0.1, -0.05) is 23.7 Å². The summed E-state index contributed by atoms with van der Waals surface area (Å²) in [5.41, 5.74) is 4.45. The van der Waals surface area contributed by atoms with Crippen LogP contribution in [0.3, 0.4) is 0 Å². The zero-order valence-corrected chi connectivity index (χ0v) is 11.1. The molecule has 0 fully saturated rings. The average molecular weight is 267 g/mol. The number of H-pyrrole nitrogens is 1. The molecular formula is C16H11ClN2. The van der Waals surface area contributed by atoms with E-state index < -0.39 is 0 Å². The summed E-state index contributed by atoms with van der Waals surface area (Å²) in [6.45, 7) is 2.10. The van der Waals surface area contributed by atoms with Crippen LogP contribution in [-0.4, -0.2) is 9.97 Å². The Balaban J connectivity index is 2.26. The minimum absolute atomic E-state index is 0.733. The van der Waals surface area contributed by atoms with Crippen molar-refractivity contribution in [2.24, 2.45) is 0 Å². The number of fused-ring (bicyclic) bond motifs is 5. The van der Waals surface area contributed by atoms with Crippen molar-refractivity contribution in [3.63, 3.8) is 0 Å². The second kappa shape index (κ2) is 3.72. The van der Waals surface area contributed by atoms with E-state index in [0.717, 1.165) is 32.3 Å². The molecule has 0 saturated heterocycles. The summed E-state index contributed by atoms with van der Waals surface area (Å²) in [6, 6.07) is 12.2. The van der Waals surface area contributed by atoms with Crippen LogP contribution in [0.25, 0.3) is 32.7 Å². The van der Waals surface area contributed by atoms with E-state index >= 15 is 0 Å². The SMILES string of the molecule is Cc1ccc2c(c1)[nH]c1c3cc(Cl)ccc3ncc21. The van der Waals surface area contributed by atoms with Crippen LogP contribution >= 0.6 is 11.6 Å². The molecule has 0 bridgehead atoms. The third-order valence-electron chi connectivity index (χ3n) is 3.55. The lowest BCUT2D eigenvalue weighted by atomic mass is 10.1. The van der Waals surface area contributed by atoms with Gasteiger partial charge in [0.1, 0.15) is 0 Å². The van der Waals surface area contributed by atoms with Crippen molar-refractivity contribution >= 4 is 44.3 Å². The lowest BCUT2D eigenvalue weighted by Crippen LogP contribution is -1.80. The van der Waals surface area contributed by atoms with Gasteiger partial charge in [-0.15, -0.1) is 0 Å². The summed E-state index contributed by atoms with van der Waals surface area (Å²) in [5.74, 6) is 0. The molecule has 0 radical (unpaired) electrons. The lowest BCUT2D eigenvalue weighted by Gasteiger charge is -1.99. The third kappa shape index (κ3) is 1.53. The smallest absolute Gasteiger partial charge is 0.0724 e. The maximum absolute atomic E-state index is 6.10. The highest BCUT2D eigenvalue weighted by molar-refractivity contribution is 6.32. The van der Waals surface area contributed by atoms with Gasteiger partial charge in [-0.25, -0.2) is 0 Å². The van der Waals surface area contributed by atoms with E-state index in [2.05, 4.69) is 35.1 Å². The second-order valence-electron chi connectivity index (χ2n) is 4.88. The summed E-state index contributed by atoms with van der Waals surface area (Å²) in [6.07, 6.45) is 1.93. The number of halogens is 1. The Morgan fingerprint density at radius 1 is 1.00 bits per heavy atom. The van der Waals surface area contributed by atoms with Gasteiger partial charge in [-0.3, -0.25) is 4.98 Å². The van der Waals surface area contributed by atoms with Gasteiger partial charge in [0.05, 0.1) is 11.0 Å². The lowest BCUT2D eigenvalue weighted by molar-refractivity contribution is 1.44. The van der Waals surface area contributed by atoms with Crippen LogP contribution in [0.2, 0.25) is 5.02 Å². The number of aromatic nitrogens is 2. The predicted octanol–water partition coefficient (Wildman–Crippen LogP) is 4.83. The zero-order valence-electron chi connectivity index (χ0n) is 10.4. The van der Waals surface area contributed by atoms with Gasteiger partial charge in [0, 0.05) is 32.9 Å². The Labute approximate surface area is 115 Å². The van der Waals surface area contributed by atoms with Crippen LogP contribution in [0.4, 0.5) is 0 Å². The Bertz CT molecular complexity index is 938. The Hall–Kier alpha value is -2.06. The molecule has 0 unspecified atom stereocenters. The van der Waals surface area contributed by atoms with Gasteiger partial charge >= 0.3 is 0 Å². The summed E-state index contributed by atoms with van der Waals surface area (Å²) >= 11 is 6.10. The summed E-state index contributed by atoms with van der Waals surface area (Å²) in [4.78, 5) is 8.01. The molecule has 2 aromatic heterocycles. The van der Waals surface area contributed by atoms with Gasteiger partial charge in [0.15, 0.2) is 0 Å². The predicted molar refractivity (Wildman–Crippen MR) is 80.9 cm³/mol. The summed E-state index contributed by atoms with van der Waals surface area (Å²) < 4.78 is 0. The first-order valence-corrected chi connectivity index (χ1v) is 6.56. The topological polar surface area (TPSA) is 28.7 Å². The van der Waals surface area contributed by atoms with E-state index in [1.54, 1.807) is 0 Å². The van der Waals surface area contributed by atoms with Crippen molar-refractivity contribution in [2.45, 2.75) is 6.92 Å². The number of benzene rings is 2. The van der Waals surface area contributed by atoms with Crippen LogP contribution in [0.15, 0.2) is 42.6 Å². The van der Waals surface area contributed by atoms with E-state index in [0.29, 0.717) is 0 Å². The molecular weight excluding hydrogens is 256 g/mol. The standard InChI is InChI=1S/C16H11ClN2/c1-9-2-4-11-13-8-18-14-5-3-10(17)7-12(14)16(13)19-15(11)6-9/h2-8,19H,1H3. The maximum Gasteiger partial charge on any atom is 0.0724 e. The molecule has 19 heavy (non-hydrogen) atoms. The van der Waals surface area contributed by atoms with Crippen molar-refractivity contribution in [3.8, 4) is 0 Å². The third-order valence-corrected chi connectivity index (χ3v) is 3.79. The van der Waals surface area contributed by atoms with E-state index in [-0.39, 0.29) is 0 Å². The van der Waals surface area contributed by atoms with Crippen molar-refractivity contribution in [1.29, 1.82) is 0 Å². The van der Waals surface area contributed by atoms with Gasteiger partial charge in [-0.05, 0) is 36.8 Å². The fourth-order valence-corrected chi connectivity index (χ4v) is 2.81. The van der Waals surface area contributed by atoms with Crippen molar-refractivity contribution in [2.75, 3.05) is 0 Å². The molecule has 1 N–H and O–H groups in total. The van der Waals surface area contributed by atoms with Gasteiger partial charge < -0.3 is 4.98 Å². The van der Waals surface area contributed by atoms with Gasteiger partial charge in [0.2, 0.25) is 0 Å². The highest BCUT2D eigenvalue weighted by Crippen LogP contribution is 2.31. The quantitative estimate of drug-likeness (QED) is 0.485. The van der Waals surface area contributed by atoms with Crippen LogP contribution in [0.5, 0.6) is 0 Å². The molecule has 0 spiro atoms. The zero-order chi connectivity index (χ0) is 13.0. The number of nitrogens with one attached hydrogen (secondary N) is 1. The molecule has 92 valence electrons. The first kappa shape index (κ1) is 10.8. The monoisotopic (exact) mass is 266 g/mol. The molecule has 2 heterocycles.